The van der Waals surface area contributed by atoms with Crippen LogP contribution in [0.2, 0.25) is 0 Å². The van der Waals surface area contributed by atoms with Gasteiger partial charge in [0, 0.05) is 22.8 Å². The van der Waals surface area contributed by atoms with E-state index in [0.717, 1.165) is 15.7 Å². The molecule has 1 aliphatic rings. The van der Waals surface area contributed by atoms with Gasteiger partial charge in [0.1, 0.15) is 6.04 Å². The van der Waals surface area contributed by atoms with E-state index in [9.17, 15) is 4.79 Å². The first-order valence-electron chi connectivity index (χ1n) is 3.94. The predicted molar refractivity (Wildman–Crippen MR) is 54.5 cm³/mol. The third-order valence-corrected chi connectivity index (χ3v) is 2.78. The Labute approximate surface area is 84.6 Å². The Hall–Kier alpha value is -0.870. The Bertz CT molecular complexity index is 378. The second-order valence-electron chi connectivity index (χ2n) is 3.08. The third kappa shape index (κ3) is 1.17. The zero-order chi connectivity index (χ0) is 9.59. The molecule has 1 aromatic rings. The van der Waals surface area contributed by atoms with E-state index in [2.05, 4.69) is 15.9 Å². The van der Waals surface area contributed by atoms with E-state index in [1.165, 1.54) is 0 Å². The molecule has 1 aliphatic heterocycles. The molecule has 0 aliphatic carbocycles. The first-order chi connectivity index (χ1) is 6.11. The van der Waals surface area contributed by atoms with E-state index in [0.29, 0.717) is 0 Å². The lowest BCUT2D eigenvalue weighted by molar-refractivity contribution is -0.118. The average molecular weight is 241 g/mol. The molecule has 0 saturated carbocycles. The first kappa shape index (κ1) is 8.72. The van der Waals surface area contributed by atoms with Crippen molar-refractivity contribution in [3.63, 3.8) is 0 Å². The molecule has 4 heteroatoms. The number of hydrogen-bond acceptors (Lipinski definition) is 2. The number of nitrogens with zero attached hydrogens (tertiary/aromatic N) is 1. The van der Waals surface area contributed by atoms with E-state index >= 15 is 0 Å². The molecule has 2 N–H and O–H groups in total. The smallest absolute Gasteiger partial charge is 0.248 e. The van der Waals surface area contributed by atoms with Gasteiger partial charge in [0.15, 0.2) is 0 Å². The lowest BCUT2D eigenvalue weighted by Crippen LogP contribution is -2.27. The van der Waals surface area contributed by atoms with Gasteiger partial charge in [0.05, 0.1) is 0 Å². The van der Waals surface area contributed by atoms with Crippen LogP contribution in [0.4, 0.5) is 5.69 Å². The molecule has 1 heterocycles. The number of nitrogens with two attached hydrogens (primary N) is 1. The van der Waals surface area contributed by atoms with Gasteiger partial charge >= 0.3 is 0 Å². The summed E-state index contributed by atoms with van der Waals surface area (Å²) in [6.45, 7) is 0. The van der Waals surface area contributed by atoms with Crippen molar-refractivity contribution in [3.8, 4) is 0 Å². The van der Waals surface area contributed by atoms with Crippen molar-refractivity contribution < 1.29 is 4.79 Å². The zero-order valence-electron chi connectivity index (χ0n) is 7.12. The van der Waals surface area contributed by atoms with E-state index < -0.39 is 6.04 Å². The quantitative estimate of drug-likeness (QED) is 0.746. The number of fused-ring (bicyclic) bond motifs is 1. The molecule has 0 saturated heterocycles. The van der Waals surface area contributed by atoms with Gasteiger partial charge in [-0.15, -0.1) is 0 Å². The maximum atomic E-state index is 11.5. The van der Waals surface area contributed by atoms with E-state index in [1.807, 2.05) is 18.2 Å². The highest BCUT2D eigenvalue weighted by molar-refractivity contribution is 9.10. The van der Waals surface area contributed by atoms with Crippen molar-refractivity contribution in [1.82, 2.24) is 0 Å². The van der Waals surface area contributed by atoms with Crippen LogP contribution in [0.3, 0.4) is 0 Å². The molecule has 1 atom stereocenters. The molecular weight excluding hydrogens is 232 g/mol. The molecule has 1 aromatic carbocycles. The molecule has 3 nitrogen and oxygen atoms in total. The van der Waals surface area contributed by atoms with Crippen LogP contribution >= 0.6 is 15.9 Å². The van der Waals surface area contributed by atoms with E-state index in [4.69, 9.17) is 5.73 Å². The number of amides is 1. The summed E-state index contributed by atoms with van der Waals surface area (Å²) in [5, 5.41) is 0. The van der Waals surface area contributed by atoms with Crippen molar-refractivity contribution >= 4 is 27.5 Å². The van der Waals surface area contributed by atoms with Crippen LogP contribution < -0.4 is 10.6 Å². The summed E-state index contributed by atoms with van der Waals surface area (Å²) in [6, 6.07) is 5.18. The lowest BCUT2D eigenvalue weighted by Gasteiger charge is -2.08. The van der Waals surface area contributed by atoms with Gasteiger partial charge in [0.25, 0.3) is 0 Å². The van der Waals surface area contributed by atoms with Crippen LogP contribution in [0.25, 0.3) is 0 Å². The van der Waals surface area contributed by atoms with Gasteiger partial charge in [-0.3, -0.25) is 4.79 Å². The van der Waals surface area contributed by atoms with Gasteiger partial charge in [0.2, 0.25) is 5.91 Å². The standard InChI is InChI=1S/C9H9BrN2O/c1-12-7-3-2-5(10)4-6(7)8(11)9(12)13/h2-4,8H,11H2,1H3/t8-/m1/s1. The summed E-state index contributed by atoms with van der Waals surface area (Å²) < 4.78 is 0.949. The fourth-order valence-corrected chi connectivity index (χ4v) is 1.92. The number of carbonyl (C=O) groups is 1. The molecule has 13 heavy (non-hydrogen) atoms. The maximum Gasteiger partial charge on any atom is 0.248 e. The number of halogens is 1. The van der Waals surface area contributed by atoms with Crippen molar-refractivity contribution in [2.45, 2.75) is 6.04 Å². The van der Waals surface area contributed by atoms with Crippen LogP contribution in [-0.4, -0.2) is 13.0 Å². The van der Waals surface area contributed by atoms with Gasteiger partial charge in [-0.1, -0.05) is 15.9 Å². The molecular formula is C9H9BrN2O. The van der Waals surface area contributed by atoms with E-state index in [1.54, 1.807) is 11.9 Å². The molecule has 0 bridgehead atoms. The molecule has 1 amide bonds. The number of rotatable bonds is 0. The lowest BCUT2D eigenvalue weighted by atomic mass is 10.1. The van der Waals surface area contributed by atoms with Crippen molar-refractivity contribution in [2.24, 2.45) is 5.73 Å². The third-order valence-electron chi connectivity index (χ3n) is 2.28. The molecule has 0 aromatic heterocycles. The molecule has 68 valence electrons. The fraction of sp³-hybridized carbons (Fsp3) is 0.222. The average Bonchev–Trinajstić information content (AvgIpc) is 2.32. The number of anilines is 1. The highest BCUT2D eigenvalue weighted by Gasteiger charge is 2.31. The number of benzene rings is 1. The summed E-state index contributed by atoms with van der Waals surface area (Å²) in [4.78, 5) is 13.0. The summed E-state index contributed by atoms with van der Waals surface area (Å²) in [5.74, 6) is -0.0481. The van der Waals surface area contributed by atoms with Gasteiger partial charge in [-0.05, 0) is 18.2 Å². The zero-order valence-corrected chi connectivity index (χ0v) is 8.71. The summed E-state index contributed by atoms with van der Waals surface area (Å²) in [7, 11) is 1.74. The Morgan fingerprint density at radius 3 is 2.92 bits per heavy atom. The highest BCUT2D eigenvalue weighted by atomic mass is 79.9. The van der Waals surface area contributed by atoms with Crippen LogP contribution in [0, 0.1) is 0 Å². The Morgan fingerprint density at radius 1 is 1.54 bits per heavy atom. The van der Waals surface area contributed by atoms with Crippen LogP contribution in [0.5, 0.6) is 0 Å². The molecule has 0 unspecified atom stereocenters. The Morgan fingerprint density at radius 2 is 2.23 bits per heavy atom. The number of hydrogen-bond donors (Lipinski definition) is 1. The molecule has 0 radical (unpaired) electrons. The normalized spacial score (nSPS) is 20.7. The molecule has 2 rings (SSSR count). The second kappa shape index (κ2) is 2.82. The van der Waals surface area contributed by atoms with Crippen molar-refractivity contribution in [2.75, 3.05) is 11.9 Å². The molecule has 0 fully saturated rings. The van der Waals surface area contributed by atoms with Crippen LogP contribution in [0.15, 0.2) is 22.7 Å². The number of likely N-dealkylation sites (N-methyl/N-ethyl adjacent to an activating group) is 1. The summed E-state index contributed by atoms with van der Waals surface area (Å²) in [6.07, 6.45) is 0. The van der Waals surface area contributed by atoms with Gasteiger partial charge in [-0.2, -0.15) is 0 Å². The first-order valence-corrected chi connectivity index (χ1v) is 4.73. The summed E-state index contributed by atoms with van der Waals surface area (Å²) >= 11 is 3.35. The second-order valence-corrected chi connectivity index (χ2v) is 3.99. The minimum atomic E-state index is -0.502. The summed E-state index contributed by atoms with van der Waals surface area (Å²) in [5.41, 5.74) is 7.53. The van der Waals surface area contributed by atoms with Gasteiger partial charge in [-0.25, -0.2) is 0 Å². The van der Waals surface area contributed by atoms with Crippen LogP contribution in [-0.2, 0) is 4.79 Å². The van der Waals surface area contributed by atoms with E-state index in [-0.39, 0.29) is 5.91 Å². The fourth-order valence-electron chi connectivity index (χ4n) is 1.54. The topological polar surface area (TPSA) is 46.3 Å². The van der Waals surface area contributed by atoms with Gasteiger partial charge < -0.3 is 10.6 Å². The number of carbonyl (C=O) groups excluding carboxylic acids is 1. The Kier molecular flexibility index (Phi) is 1.89. The monoisotopic (exact) mass is 240 g/mol. The Balaban J connectivity index is 2.60. The maximum absolute atomic E-state index is 11.5. The minimum absolute atomic E-state index is 0.0481. The SMILES string of the molecule is CN1C(=O)[C@H](N)c2cc(Br)ccc21. The largest absolute Gasteiger partial charge is 0.316 e. The minimum Gasteiger partial charge on any atom is -0.316 e. The molecule has 0 spiro atoms. The highest BCUT2D eigenvalue weighted by Crippen LogP contribution is 2.34. The van der Waals surface area contributed by atoms with Crippen molar-refractivity contribution in [1.29, 1.82) is 0 Å². The predicted octanol–water partition coefficient (Wildman–Crippen LogP) is 1.43. The van der Waals surface area contributed by atoms with Crippen molar-refractivity contribution in [3.05, 3.63) is 28.2 Å². The van der Waals surface area contributed by atoms with Crippen LogP contribution in [0.1, 0.15) is 11.6 Å².